The molecule has 0 saturated heterocycles. The number of hydrogen-bond donors (Lipinski definition) is 0. The average molecular weight is 349 g/mol. The fourth-order valence-electron chi connectivity index (χ4n) is 2.74. The van der Waals surface area contributed by atoms with E-state index in [4.69, 9.17) is 0 Å². The van der Waals surface area contributed by atoms with E-state index >= 15 is 0 Å². The number of hydrogen-bond acceptors (Lipinski definition) is 6. The molecule has 0 amide bonds. The van der Waals surface area contributed by atoms with Crippen molar-refractivity contribution in [1.82, 2.24) is 19.6 Å². The second-order valence-electron chi connectivity index (χ2n) is 5.24. The summed E-state index contributed by atoms with van der Waals surface area (Å²) in [6.45, 7) is 0. The van der Waals surface area contributed by atoms with Crippen LogP contribution in [0.25, 0.3) is 21.0 Å². The Hall–Kier alpha value is -2.77. The molecule has 0 aliphatic carbocycles. The van der Waals surface area contributed by atoms with Crippen molar-refractivity contribution in [3.8, 4) is 0 Å². The van der Waals surface area contributed by atoms with E-state index in [0.717, 1.165) is 31.8 Å². The molecule has 0 atom stereocenters. The van der Waals surface area contributed by atoms with Crippen LogP contribution in [0.3, 0.4) is 0 Å². The van der Waals surface area contributed by atoms with Gasteiger partial charge in [0.25, 0.3) is 0 Å². The Morgan fingerprint density at radius 3 is 2.79 bits per heavy atom. The van der Waals surface area contributed by atoms with Crippen LogP contribution in [0, 0.1) is 0 Å². The lowest BCUT2D eigenvalue weighted by Gasteiger charge is -2.23. The van der Waals surface area contributed by atoms with Gasteiger partial charge in [0.2, 0.25) is 0 Å². The van der Waals surface area contributed by atoms with E-state index in [0.29, 0.717) is 0 Å². The fraction of sp³-hybridized carbons (Fsp3) is 0. The van der Waals surface area contributed by atoms with Crippen LogP contribution in [0.5, 0.6) is 0 Å². The van der Waals surface area contributed by atoms with Gasteiger partial charge >= 0.3 is 0 Å². The lowest BCUT2D eigenvalue weighted by molar-refractivity contribution is 0.821. The molecule has 5 rings (SSSR count). The Morgan fingerprint density at radius 2 is 1.92 bits per heavy atom. The van der Waals surface area contributed by atoms with Crippen molar-refractivity contribution < 1.29 is 0 Å². The first kappa shape index (κ1) is 13.6. The topological polar surface area (TPSA) is 46.8 Å². The molecule has 0 radical (unpaired) electrons. The Bertz CT molecular complexity index is 1090. The normalized spacial score (nSPS) is 11.3. The summed E-state index contributed by atoms with van der Waals surface area (Å²) < 4.78 is 2.07. The highest BCUT2D eigenvalue weighted by molar-refractivity contribution is 7.16. The smallest absolute Gasteiger partial charge is 0.165 e. The van der Waals surface area contributed by atoms with Gasteiger partial charge in [0, 0.05) is 35.6 Å². The molecule has 5 nitrogen and oxygen atoms in total. The zero-order chi connectivity index (χ0) is 15.9. The molecular weight excluding hydrogens is 338 g/mol. The molecule has 116 valence electrons. The van der Waals surface area contributed by atoms with Gasteiger partial charge in [-0.1, -0.05) is 0 Å². The summed E-state index contributed by atoms with van der Waals surface area (Å²) in [5, 5.41) is 10.6. The van der Waals surface area contributed by atoms with E-state index in [2.05, 4.69) is 54.5 Å². The molecule has 5 aromatic heterocycles. The number of thiophene rings is 2. The van der Waals surface area contributed by atoms with Crippen LogP contribution >= 0.6 is 22.7 Å². The zero-order valence-corrected chi connectivity index (χ0v) is 14.0. The van der Waals surface area contributed by atoms with Crippen LogP contribution in [0.2, 0.25) is 0 Å². The van der Waals surface area contributed by atoms with Crippen molar-refractivity contribution in [1.29, 1.82) is 0 Å². The zero-order valence-electron chi connectivity index (χ0n) is 12.4. The third kappa shape index (κ3) is 2.10. The van der Waals surface area contributed by atoms with E-state index in [-0.39, 0.29) is 0 Å². The van der Waals surface area contributed by atoms with Gasteiger partial charge in [-0.2, -0.15) is 0 Å². The molecule has 0 fully saturated rings. The van der Waals surface area contributed by atoms with Gasteiger partial charge in [-0.15, -0.1) is 22.7 Å². The van der Waals surface area contributed by atoms with E-state index in [1.165, 1.54) is 0 Å². The number of aromatic nitrogens is 4. The van der Waals surface area contributed by atoms with Gasteiger partial charge in [-0.05, 0) is 35.0 Å². The van der Waals surface area contributed by atoms with Gasteiger partial charge in [-0.3, -0.25) is 9.66 Å². The molecule has 0 spiro atoms. The predicted molar refractivity (Wildman–Crippen MR) is 99.0 cm³/mol. The third-order valence-corrected chi connectivity index (χ3v) is 5.48. The molecule has 0 aromatic carbocycles. The third-order valence-electron chi connectivity index (χ3n) is 3.82. The van der Waals surface area contributed by atoms with Crippen LogP contribution in [0.15, 0.2) is 66.1 Å². The van der Waals surface area contributed by atoms with Gasteiger partial charge in [0.05, 0.1) is 5.39 Å². The minimum Gasteiger partial charge on any atom is -0.264 e. The van der Waals surface area contributed by atoms with Crippen molar-refractivity contribution >= 4 is 54.5 Å². The summed E-state index contributed by atoms with van der Waals surface area (Å²) in [5.74, 6) is 0.872. The molecule has 0 N–H and O–H groups in total. The maximum atomic E-state index is 4.57. The molecule has 5 heterocycles. The average Bonchev–Trinajstić information content (AvgIpc) is 3.35. The number of fused-ring (bicyclic) bond motifs is 2. The Balaban J connectivity index is 1.78. The summed E-state index contributed by atoms with van der Waals surface area (Å²) in [5.41, 5.74) is 0. The van der Waals surface area contributed by atoms with E-state index in [9.17, 15) is 0 Å². The molecule has 5 aromatic rings. The molecule has 0 bridgehead atoms. The van der Waals surface area contributed by atoms with Crippen molar-refractivity contribution in [3.63, 3.8) is 0 Å². The molecule has 0 aliphatic rings. The summed E-state index contributed by atoms with van der Waals surface area (Å²) in [6.07, 6.45) is 9.47. The van der Waals surface area contributed by atoms with Crippen molar-refractivity contribution in [3.05, 3.63) is 66.1 Å². The number of nitrogens with zero attached hydrogens (tertiary/aromatic N) is 5. The van der Waals surface area contributed by atoms with Gasteiger partial charge in [0.15, 0.2) is 5.82 Å². The van der Waals surface area contributed by atoms with Crippen LogP contribution in [0.1, 0.15) is 0 Å². The second kappa shape index (κ2) is 5.40. The molecule has 0 unspecified atom stereocenters. The Morgan fingerprint density at radius 1 is 0.958 bits per heavy atom. The van der Waals surface area contributed by atoms with Gasteiger partial charge < -0.3 is 0 Å². The minimum atomic E-state index is 0.872. The Kier molecular flexibility index (Phi) is 3.07. The standard InChI is InChI=1S/C17H11N5S2/c1-2-15(23-6-1)22(16-14-4-7-24-17(14)20-11-19-16)21-9-12-3-5-18-8-13(12)10-21/h1-11H. The second-order valence-corrected chi connectivity index (χ2v) is 7.06. The molecule has 7 heteroatoms. The lowest BCUT2D eigenvalue weighted by atomic mass is 10.3. The molecule has 0 aliphatic heterocycles. The fourth-order valence-corrected chi connectivity index (χ4v) is 4.21. The summed E-state index contributed by atoms with van der Waals surface area (Å²) in [6, 6.07) is 8.22. The highest BCUT2D eigenvalue weighted by Crippen LogP contribution is 2.35. The quantitative estimate of drug-likeness (QED) is 0.473. The van der Waals surface area contributed by atoms with Crippen molar-refractivity contribution in [2.24, 2.45) is 0 Å². The monoisotopic (exact) mass is 349 g/mol. The highest BCUT2D eigenvalue weighted by atomic mass is 32.1. The van der Waals surface area contributed by atoms with Crippen LogP contribution in [0.4, 0.5) is 10.8 Å². The lowest BCUT2D eigenvalue weighted by Crippen LogP contribution is -2.22. The van der Waals surface area contributed by atoms with Crippen LogP contribution in [-0.2, 0) is 0 Å². The van der Waals surface area contributed by atoms with E-state index in [1.54, 1.807) is 29.0 Å². The summed E-state index contributed by atoms with van der Waals surface area (Å²) in [4.78, 5) is 14.1. The summed E-state index contributed by atoms with van der Waals surface area (Å²) in [7, 11) is 0. The van der Waals surface area contributed by atoms with E-state index in [1.807, 2.05) is 29.9 Å². The number of rotatable bonds is 3. The number of anilines is 2. The molecule has 24 heavy (non-hydrogen) atoms. The largest absolute Gasteiger partial charge is 0.264 e. The van der Waals surface area contributed by atoms with E-state index < -0.39 is 0 Å². The van der Waals surface area contributed by atoms with Crippen molar-refractivity contribution in [2.45, 2.75) is 0 Å². The first-order valence-electron chi connectivity index (χ1n) is 7.34. The minimum absolute atomic E-state index is 0.872. The van der Waals surface area contributed by atoms with Crippen LogP contribution in [-0.4, -0.2) is 19.6 Å². The summed E-state index contributed by atoms with van der Waals surface area (Å²) >= 11 is 3.30. The molecular formula is C17H11N5S2. The molecule has 0 saturated carbocycles. The highest BCUT2D eigenvalue weighted by Gasteiger charge is 2.18. The number of pyridine rings is 1. The maximum absolute atomic E-state index is 4.57. The predicted octanol–water partition coefficient (Wildman–Crippen LogP) is 4.70. The first-order valence-corrected chi connectivity index (χ1v) is 9.10. The van der Waals surface area contributed by atoms with Crippen molar-refractivity contribution in [2.75, 3.05) is 5.01 Å². The van der Waals surface area contributed by atoms with Gasteiger partial charge in [-0.25, -0.2) is 15.0 Å². The SMILES string of the molecule is c1csc(N(c2ncnc3sccc23)n2cc3ccncc3c2)c1. The first-order chi connectivity index (χ1) is 11.9. The van der Waals surface area contributed by atoms with Gasteiger partial charge in [0.1, 0.15) is 16.2 Å². The van der Waals surface area contributed by atoms with Crippen LogP contribution < -0.4 is 5.01 Å². The maximum Gasteiger partial charge on any atom is 0.165 e. The Labute approximate surface area is 145 Å².